The van der Waals surface area contributed by atoms with Crippen LogP contribution in [0.3, 0.4) is 0 Å². The summed E-state index contributed by atoms with van der Waals surface area (Å²) in [4.78, 5) is 2.58. The Morgan fingerprint density at radius 2 is 1.89 bits per heavy atom. The molecule has 1 rings (SSSR count). The zero-order valence-corrected chi connectivity index (χ0v) is 13.5. The van der Waals surface area contributed by atoms with Crippen molar-refractivity contribution in [2.45, 2.75) is 83.9 Å². The van der Waals surface area contributed by atoms with Gasteiger partial charge in [0.05, 0.1) is 12.7 Å². The average Bonchev–Trinajstić information content (AvgIpc) is 2.41. The van der Waals surface area contributed by atoms with Crippen LogP contribution in [0.4, 0.5) is 0 Å². The molecule has 3 nitrogen and oxygen atoms in total. The molecule has 0 aromatic rings. The molecule has 0 bridgehead atoms. The minimum absolute atomic E-state index is 0.143. The first-order valence-corrected chi connectivity index (χ1v) is 8.12. The summed E-state index contributed by atoms with van der Waals surface area (Å²) in [5, 5.41) is 0. The van der Waals surface area contributed by atoms with Gasteiger partial charge < -0.3 is 10.5 Å². The highest BCUT2D eigenvalue weighted by Crippen LogP contribution is 2.27. The molecule has 0 saturated carbocycles. The molecule has 3 unspecified atom stereocenters. The fourth-order valence-electron chi connectivity index (χ4n) is 3.13. The third-order valence-electron chi connectivity index (χ3n) is 4.56. The van der Waals surface area contributed by atoms with Crippen LogP contribution in [-0.2, 0) is 4.74 Å². The maximum absolute atomic E-state index is 6.10. The Hall–Kier alpha value is -0.120. The zero-order valence-electron chi connectivity index (χ0n) is 13.5. The van der Waals surface area contributed by atoms with E-state index in [1.165, 1.54) is 38.5 Å². The maximum atomic E-state index is 6.10. The van der Waals surface area contributed by atoms with E-state index in [1.807, 2.05) is 0 Å². The molecule has 0 spiro atoms. The van der Waals surface area contributed by atoms with Crippen LogP contribution in [0.5, 0.6) is 0 Å². The van der Waals surface area contributed by atoms with Gasteiger partial charge in [0.2, 0.25) is 0 Å². The van der Waals surface area contributed by atoms with E-state index in [9.17, 15) is 0 Å². The Morgan fingerprint density at radius 1 is 1.21 bits per heavy atom. The van der Waals surface area contributed by atoms with Crippen molar-refractivity contribution in [3.8, 4) is 0 Å². The summed E-state index contributed by atoms with van der Waals surface area (Å²) in [6, 6.07) is 0.486. The van der Waals surface area contributed by atoms with Gasteiger partial charge in [-0.25, -0.2) is 0 Å². The molecule has 0 amide bonds. The second kappa shape index (κ2) is 8.23. The molecule has 1 aliphatic rings. The van der Waals surface area contributed by atoms with E-state index in [-0.39, 0.29) is 5.54 Å². The first-order valence-electron chi connectivity index (χ1n) is 8.12. The van der Waals surface area contributed by atoms with Crippen LogP contribution >= 0.6 is 0 Å². The topological polar surface area (TPSA) is 38.5 Å². The van der Waals surface area contributed by atoms with E-state index in [0.717, 1.165) is 19.7 Å². The van der Waals surface area contributed by atoms with Gasteiger partial charge in [0.15, 0.2) is 0 Å². The maximum Gasteiger partial charge on any atom is 0.0675 e. The van der Waals surface area contributed by atoms with Crippen LogP contribution < -0.4 is 5.73 Å². The standard InChI is InChI=1S/C16H34N2O/c1-5-6-7-8-9-10-16(4,13-17)18-11-15(3)19-12-14(18)2/h14-15H,5-13,17H2,1-4H3. The van der Waals surface area contributed by atoms with Gasteiger partial charge in [-0.05, 0) is 27.2 Å². The highest BCUT2D eigenvalue weighted by Gasteiger charge is 2.36. The SMILES string of the molecule is CCCCCCCC(C)(CN)N1CC(C)OCC1C. The number of hydrogen-bond acceptors (Lipinski definition) is 3. The van der Waals surface area contributed by atoms with E-state index < -0.39 is 0 Å². The molecule has 3 atom stereocenters. The Kier molecular flexibility index (Phi) is 7.33. The Bertz CT molecular complexity index is 247. The van der Waals surface area contributed by atoms with Gasteiger partial charge in [-0.1, -0.05) is 39.0 Å². The summed E-state index contributed by atoms with van der Waals surface area (Å²) in [7, 11) is 0. The number of unbranched alkanes of at least 4 members (excludes halogenated alkanes) is 4. The molecule has 0 aromatic carbocycles. The van der Waals surface area contributed by atoms with Crippen LogP contribution in [0, 0.1) is 0 Å². The molecule has 1 fully saturated rings. The first kappa shape index (κ1) is 16.9. The number of nitrogens with zero attached hydrogens (tertiary/aromatic N) is 1. The lowest BCUT2D eigenvalue weighted by atomic mass is 9.89. The van der Waals surface area contributed by atoms with Crippen molar-refractivity contribution >= 4 is 0 Å². The van der Waals surface area contributed by atoms with Gasteiger partial charge in [-0.3, -0.25) is 4.90 Å². The molecule has 1 saturated heterocycles. The van der Waals surface area contributed by atoms with Crippen molar-refractivity contribution in [2.24, 2.45) is 5.73 Å². The second-order valence-electron chi connectivity index (χ2n) is 6.51. The van der Waals surface area contributed by atoms with Crippen molar-refractivity contribution in [3.63, 3.8) is 0 Å². The van der Waals surface area contributed by atoms with Gasteiger partial charge in [0.1, 0.15) is 0 Å². The lowest BCUT2D eigenvalue weighted by Crippen LogP contribution is -2.60. The van der Waals surface area contributed by atoms with Crippen molar-refractivity contribution in [1.82, 2.24) is 4.90 Å². The van der Waals surface area contributed by atoms with E-state index in [1.54, 1.807) is 0 Å². The molecule has 0 aliphatic carbocycles. The number of nitrogens with two attached hydrogens (primary N) is 1. The summed E-state index contributed by atoms with van der Waals surface area (Å²) in [5.74, 6) is 0. The van der Waals surface area contributed by atoms with Crippen LogP contribution in [0.25, 0.3) is 0 Å². The molecule has 2 N–H and O–H groups in total. The van der Waals surface area contributed by atoms with E-state index in [2.05, 4.69) is 32.6 Å². The van der Waals surface area contributed by atoms with Crippen LogP contribution in [0.15, 0.2) is 0 Å². The van der Waals surface area contributed by atoms with Crippen molar-refractivity contribution in [3.05, 3.63) is 0 Å². The fraction of sp³-hybridized carbons (Fsp3) is 1.00. The summed E-state index contributed by atoms with van der Waals surface area (Å²) in [6.07, 6.45) is 8.23. The molecule has 114 valence electrons. The lowest BCUT2D eigenvalue weighted by molar-refractivity contribution is -0.0905. The third-order valence-corrected chi connectivity index (χ3v) is 4.56. The zero-order chi connectivity index (χ0) is 14.3. The smallest absolute Gasteiger partial charge is 0.0675 e. The molecule has 1 heterocycles. The highest BCUT2D eigenvalue weighted by molar-refractivity contribution is 4.92. The van der Waals surface area contributed by atoms with Gasteiger partial charge >= 0.3 is 0 Å². The fourth-order valence-corrected chi connectivity index (χ4v) is 3.13. The predicted octanol–water partition coefficient (Wildman–Crippen LogP) is 3.17. The minimum Gasteiger partial charge on any atom is -0.376 e. The molecule has 3 heteroatoms. The second-order valence-corrected chi connectivity index (χ2v) is 6.51. The van der Waals surface area contributed by atoms with E-state index >= 15 is 0 Å². The number of morpholine rings is 1. The van der Waals surface area contributed by atoms with Crippen molar-refractivity contribution in [1.29, 1.82) is 0 Å². The summed E-state index contributed by atoms with van der Waals surface area (Å²) in [5.41, 5.74) is 6.25. The van der Waals surface area contributed by atoms with Gasteiger partial charge in [0, 0.05) is 24.7 Å². The van der Waals surface area contributed by atoms with Crippen LogP contribution in [0.2, 0.25) is 0 Å². The first-order chi connectivity index (χ1) is 9.03. The number of rotatable bonds is 8. The molecule has 0 radical (unpaired) electrons. The number of hydrogen-bond donors (Lipinski definition) is 1. The van der Waals surface area contributed by atoms with Gasteiger partial charge in [-0.2, -0.15) is 0 Å². The number of ether oxygens (including phenoxy) is 1. The highest BCUT2D eigenvalue weighted by atomic mass is 16.5. The summed E-state index contributed by atoms with van der Waals surface area (Å²) < 4.78 is 5.74. The van der Waals surface area contributed by atoms with Crippen molar-refractivity contribution in [2.75, 3.05) is 19.7 Å². The van der Waals surface area contributed by atoms with Crippen molar-refractivity contribution < 1.29 is 4.74 Å². The lowest BCUT2D eigenvalue weighted by Gasteiger charge is -2.48. The molecule has 19 heavy (non-hydrogen) atoms. The minimum atomic E-state index is 0.143. The quantitative estimate of drug-likeness (QED) is 0.689. The summed E-state index contributed by atoms with van der Waals surface area (Å²) in [6.45, 7) is 11.6. The third kappa shape index (κ3) is 5.05. The Morgan fingerprint density at radius 3 is 2.53 bits per heavy atom. The van der Waals surface area contributed by atoms with E-state index in [4.69, 9.17) is 10.5 Å². The van der Waals surface area contributed by atoms with Crippen LogP contribution in [-0.4, -0.2) is 42.3 Å². The molecular weight excluding hydrogens is 236 g/mol. The monoisotopic (exact) mass is 270 g/mol. The predicted molar refractivity (Wildman–Crippen MR) is 82.4 cm³/mol. The molecule has 0 aromatic heterocycles. The van der Waals surface area contributed by atoms with Gasteiger partial charge in [0.25, 0.3) is 0 Å². The average molecular weight is 270 g/mol. The Labute approximate surface area is 119 Å². The van der Waals surface area contributed by atoms with Gasteiger partial charge in [-0.15, -0.1) is 0 Å². The van der Waals surface area contributed by atoms with E-state index in [0.29, 0.717) is 12.1 Å². The summed E-state index contributed by atoms with van der Waals surface area (Å²) >= 11 is 0. The Balaban J connectivity index is 2.47. The molecule has 1 aliphatic heterocycles. The van der Waals surface area contributed by atoms with Crippen LogP contribution in [0.1, 0.15) is 66.2 Å². The molecular formula is C16H34N2O. The normalized spacial score (nSPS) is 28.3. The largest absolute Gasteiger partial charge is 0.376 e.